The highest BCUT2D eigenvalue weighted by Crippen LogP contribution is 2.28. The molecule has 1 rings (SSSR count). The Balaban J connectivity index is 2.62. The lowest BCUT2D eigenvalue weighted by atomic mass is 10.0. The quantitative estimate of drug-likeness (QED) is 0.600. The Morgan fingerprint density at radius 3 is 2.82 bits per heavy atom. The third kappa shape index (κ3) is 1.56. The maximum Gasteiger partial charge on any atom is 0.315 e. The van der Waals surface area contributed by atoms with Gasteiger partial charge in [0, 0.05) is 16.7 Å². The smallest absolute Gasteiger partial charge is 0.315 e. The molecule has 4 heteroatoms. The van der Waals surface area contributed by atoms with E-state index in [9.17, 15) is 4.79 Å². The van der Waals surface area contributed by atoms with Crippen molar-refractivity contribution in [1.82, 2.24) is 0 Å². The van der Waals surface area contributed by atoms with Crippen LogP contribution in [0.15, 0.2) is 0 Å². The highest BCUT2D eigenvalue weighted by Gasteiger charge is 2.34. The van der Waals surface area contributed by atoms with Crippen molar-refractivity contribution in [1.29, 1.82) is 5.41 Å². The minimum absolute atomic E-state index is 0.180. The molecule has 1 N–H and O–H groups in total. The summed E-state index contributed by atoms with van der Waals surface area (Å²) in [6.07, 6.45) is 0. The fourth-order valence-electron chi connectivity index (χ4n) is 1.04. The van der Waals surface area contributed by atoms with Crippen molar-refractivity contribution in [3.05, 3.63) is 0 Å². The summed E-state index contributed by atoms with van der Waals surface area (Å²) in [4.78, 5) is 11.0. The summed E-state index contributed by atoms with van der Waals surface area (Å²) in [6, 6.07) is 0. The first kappa shape index (κ1) is 8.59. The zero-order valence-electron chi connectivity index (χ0n) is 6.59. The zero-order chi connectivity index (χ0) is 8.43. The van der Waals surface area contributed by atoms with E-state index in [1.807, 2.05) is 6.92 Å². The number of methoxy groups -OCH3 is 1. The minimum Gasteiger partial charge on any atom is -0.468 e. The average Bonchev–Trinajstić information content (AvgIpc) is 2.32. The van der Waals surface area contributed by atoms with Crippen molar-refractivity contribution in [2.75, 3.05) is 12.9 Å². The Morgan fingerprint density at radius 2 is 2.45 bits per heavy atom. The third-order valence-electron chi connectivity index (χ3n) is 1.81. The van der Waals surface area contributed by atoms with Crippen LogP contribution in [0, 0.1) is 11.3 Å². The molecule has 1 heterocycles. The Labute approximate surface area is 70.0 Å². The molecule has 3 nitrogen and oxygen atoms in total. The molecular weight excluding hydrogens is 162 g/mol. The normalized spacial score (nSPS) is 30.5. The number of thioether (sulfide) groups is 1. The van der Waals surface area contributed by atoms with Gasteiger partial charge in [-0.3, -0.25) is 4.79 Å². The maximum absolute atomic E-state index is 11.0. The summed E-state index contributed by atoms with van der Waals surface area (Å²) in [5.74, 6) is 0.138. The predicted octanol–water partition coefficient (Wildman–Crippen LogP) is 0.931. The van der Waals surface area contributed by atoms with Gasteiger partial charge in [0.1, 0.15) is 5.92 Å². The largest absolute Gasteiger partial charge is 0.468 e. The van der Waals surface area contributed by atoms with Gasteiger partial charge < -0.3 is 10.1 Å². The lowest BCUT2D eigenvalue weighted by molar-refractivity contribution is -0.142. The Morgan fingerprint density at radius 1 is 1.82 bits per heavy atom. The second-order valence-electron chi connectivity index (χ2n) is 2.51. The van der Waals surface area contributed by atoms with Gasteiger partial charge in [-0.15, -0.1) is 0 Å². The molecule has 0 spiro atoms. The van der Waals surface area contributed by atoms with Crippen LogP contribution in [-0.2, 0) is 9.53 Å². The SMILES string of the molecule is COC(=O)C1CSC(C)C1=N. The number of carbonyl (C=O) groups excluding carboxylic acids is 1. The topological polar surface area (TPSA) is 50.2 Å². The Hall–Kier alpha value is -0.510. The first-order chi connectivity index (χ1) is 5.16. The summed E-state index contributed by atoms with van der Waals surface area (Å²) in [6.45, 7) is 1.94. The fraction of sp³-hybridized carbons (Fsp3) is 0.714. The van der Waals surface area contributed by atoms with Gasteiger partial charge in [0.25, 0.3) is 0 Å². The molecule has 0 aromatic heterocycles. The predicted molar refractivity (Wildman–Crippen MR) is 45.2 cm³/mol. The van der Waals surface area contributed by atoms with Crippen LogP contribution in [0.1, 0.15) is 6.92 Å². The molecule has 0 aromatic carbocycles. The van der Waals surface area contributed by atoms with E-state index in [-0.39, 0.29) is 17.1 Å². The molecule has 0 amide bonds. The van der Waals surface area contributed by atoms with Crippen LogP contribution in [0.25, 0.3) is 0 Å². The summed E-state index contributed by atoms with van der Waals surface area (Å²) in [5.41, 5.74) is 0.502. The number of esters is 1. The first-order valence-corrected chi connectivity index (χ1v) is 4.49. The monoisotopic (exact) mass is 173 g/mol. The van der Waals surface area contributed by atoms with E-state index in [0.29, 0.717) is 11.5 Å². The van der Waals surface area contributed by atoms with Crippen LogP contribution in [-0.4, -0.2) is 29.8 Å². The van der Waals surface area contributed by atoms with Gasteiger partial charge in [0.15, 0.2) is 0 Å². The van der Waals surface area contributed by atoms with Crippen molar-refractivity contribution in [2.45, 2.75) is 12.2 Å². The van der Waals surface area contributed by atoms with Crippen molar-refractivity contribution in [3.8, 4) is 0 Å². The number of carbonyl (C=O) groups is 1. The summed E-state index contributed by atoms with van der Waals surface area (Å²) in [7, 11) is 1.36. The molecule has 0 aliphatic carbocycles. The molecule has 1 aliphatic heterocycles. The number of hydrogen-bond donors (Lipinski definition) is 1. The second-order valence-corrected chi connectivity index (χ2v) is 3.88. The number of ether oxygens (including phenoxy) is 1. The van der Waals surface area contributed by atoms with E-state index in [1.165, 1.54) is 7.11 Å². The van der Waals surface area contributed by atoms with Gasteiger partial charge in [-0.05, 0) is 6.92 Å². The summed E-state index contributed by atoms with van der Waals surface area (Å²) < 4.78 is 4.56. The van der Waals surface area contributed by atoms with E-state index in [0.717, 1.165) is 0 Å². The molecule has 62 valence electrons. The van der Waals surface area contributed by atoms with Crippen LogP contribution in [0.4, 0.5) is 0 Å². The maximum atomic E-state index is 11.0. The van der Waals surface area contributed by atoms with E-state index in [1.54, 1.807) is 11.8 Å². The van der Waals surface area contributed by atoms with E-state index >= 15 is 0 Å². The molecule has 2 unspecified atom stereocenters. The number of nitrogens with one attached hydrogen (secondary N) is 1. The van der Waals surface area contributed by atoms with E-state index in [2.05, 4.69) is 4.74 Å². The van der Waals surface area contributed by atoms with E-state index < -0.39 is 0 Å². The minimum atomic E-state index is -0.292. The van der Waals surface area contributed by atoms with Crippen molar-refractivity contribution >= 4 is 23.4 Å². The lowest BCUT2D eigenvalue weighted by Crippen LogP contribution is -2.25. The summed E-state index contributed by atoms with van der Waals surface area (Å²) in [5, 5.41) is 7.70. The molecule has 11 heavy (non-hydrogen) atoms. The zero-order valence-corrected chi connectivity index (χ0v) is 7.40. The van der Waals surface area contributed by atoms with Crippen LogP contribution in [0.5, 0.6) is 0 Å². The number of rotatable bonds is 1. The molecule has 1 aliphatic rings. The molecule has 1 fully saturated rings. The first-order valence-electron chi connectivity index (χ1n) is 3.44. The third-order valence-corrected chi connectivity index (χ3v) is 3.09. The molecule has 1 saturated heterocycles. The highest BCUT2D eigenvalue weighted by atomic mass is 32.2. The van der Waals surface area contributed by atoms with Gasteiger partial charge in [-0.2, -0.15) is 11.8 Å². The highest BCUT2D eigenvalue weighted by molar-refractivity contribution is 8.01. The second kappa shape index (κ2) is 3.26. The van der Waals surface area contributed by atoms with Gasteiger partial charge in [-0.25, -0.2) is 0 Å². The van der Waals surface area contributed by atoms with Crippen LogP contribution >= 0.6 is 11.8 Å². The Kier molecular flexibility index (Phi) is 2.54. The Bertz CT molecular complexity index is 193. The van der Waals surface area contributed by atoms with Gasteiger partial charge >= 0.3 is 5.97 Å². The molecule has 0 bridgehead atoms. The van der Waals surface area contributed by atoms with Crippen molar-refractivity contribution in [3.63, 3.8) is 0 Å². The van der Waals surface area contributed by atoms with Gasteiger partial charge in [0.2, 0.25) is 0 Å². The average molecular weight is 173 g/mol. The molecule has 0 radical (unpaired) electrons. The van der Waals surface area contributed by atoms with Gasteiger partial charge in [0.05, 0.1) is 7.11 Å². The number of hydrogen-bond acceptors (Lipinski definition) is 4. The van der Waals surface area contributed by atoms with Crippen molar-refractivity contribution < 1.29 is 9.53 Å². The summed E-state index contributed by atoms with van der Waals surface area (Å²) >= 11 is 1.63. The molecule has 0 saturated carbocycles. The fourth-order valence-corrected chi connectivity index (χ4v) is 2.18. The standard InChI is InChI=1S/C7H11NO2S/c1-4-6(8)5(3-11-4)7(9)10-2/h4-5,8H,3H2,1-2H3. The molecular formula is C7H11NO2S. The van der Waals surface area contributed by atoms with Crippen LogP contribution < -0.4 is 0 Å². The van der Waals surface area contributed by atoms with Crippen LogP contribution in [0.2, 0.25) is 0 Å². The lowest BCUT2D eigenvalue weighted by Gasteiger charge is -2.06. The van der Waals surface area contributed by atoms with Crippen molar-refractivity contribution in [2.24, 2.45) is 5.92 Å². The molecule has 2 atom stereocenters. The van der Waals surface area contributed by atoms with E-state index in [4.69, 9.17) is 5.41 Å². The molecule has 0 aromatic rings. The van der Waals surface area contributed by atoms with Gasteiger partial charge in [-0.1, -0.05) is 0 Å². The van der Waals surface area contributed by atoms with Crippen LogP contribution in [0.3, 0.4) is 0 Å².